The number of quaternary nitrogens is 1. The monoisotopic (exact) mass is 371 g/mol. The molecule has 0 aliphatic carbocycles. The summed E-state index contributed by atoms with van der Waals surface area (Å²) in [7, 11) is 0. The van der Waals surface area contributed by atoms with Gasteiger partial charge in [0.25, 0.3) is 0 Å². The molecule has 7 heteroatoms. The third kappa shape index (κ3) is 3.46. The topological polar surface area (TPSA) is 78.4 Å². The van der Waals surface area contributed by atoms with Crippen molar-refractivity contribution in [2.45, 2.75) is 6.54 Å². The molecule has 1 aromatic heterocycles. The maximum Gasteiger partial charge on any atom is 0.336 e. The van der Waals surface area contributed by atoms with Crippen LogP contribution in [0.1, 0.15) is 5.56 Å². The molecule has 6 nitrogen and oxygen atoms in total. The standard InChI is InChI=1S/C20H19FN2O4/c21-14-1-3-15(4-2-14)23-9-7-22(8-10-23)12-13-11-18(25)27-20-16(13)5-6-17(24)19(20)26/h1-6,11,24,26H,7-10,12H2/p+1. The van der Waals surface area contributed by atoms with Gasteiger partial charge in [-0.25, -0.2) is 9.18 Å². The normalized spacial score (nSPS) is 15.4. The summed E-state index contributed by atoms with van der Waals surface area (Å²) in [6, 6.07) is 11.0. The van der Waals surface area contributed by atoms with Crippen LogP contribution in [0.2, 0.25) is 0 Å². The molecule has 1 aliphatic rings. The highest BCUT2D eigenvalue weighted by atomic mass is 19.1. The first-order valence-corrected chi connectivity index (χ1v) is 8.83. The average molecular weight is 371 g/mol. The third-order valence-corrected chi connectivity index (χ3v) is 5.05. The predicted octanol–water partition coefficient (Wildman–Crippen LogP) is 1.25. The van der Waals surface area contributed by atoms with E-state index in [1.807, 2.05) is 0 Å². The van der Waals surface area contributed by atoms with E-state index in [1.165, 1.54) is 29.2 Å². The van der Waals surface area contributed by atoms with Gasteiger partial charge in [0.1, 0.15) is 12.4 Å². The number of piperazine rings is 1. The van der Waals surface area contributed by atoms with Crippen molar-refractivity contribution in [1.29, 1.82) is 0 Å². The first-order chi connectivity index (χ1) is 13.0. The number of nitrogens with one attached hydrogen (secondary N) is 1. The highest BCUT2D eigenvalue weighted by Crippen LogP contribution is 2.33. The Morgan fingerprint density at radius 2 is 1.78 bits per heavy atom. The maximum absolute atomic E-state index is 13.1. The van der Waals surface area contributed by atoms with E-state index in [-0.39, 0.29) is 17.1 Å². The van der Waals surface area contributed by atoms with E-state index in [4.69, 9.17) is 4.42 Å². The van der Waals surface area contributed by atoms with Gasteiger partial charge < -0.3 is 24.4 Å². The van der Waals surface area contributed by atoms with Crippen LogP contribution in [0.3, 0.4) is 0 Å². The molecule has 4 rings (SSSR count). The molecule has 0 spiro atoms. The van der Waals surface area contributed by atoms with E-state index in [1.54, 1.807) is 18.2 Å². The smallest absolute Gasteiger partial charge is 0.336 e. The minimum absolute atomic E-state index is 0.0156. The highest BCUT2D eigenvalue weighted by Gasteiger charge is 2.22. The number of hydrogen-bond acceptors (Lipinski definition) is 5. The molecule has 2 aromatic carbocycles. The third-order valence-electron chi connectivity index (χ3n) is 5.05. The number of halogens is 1. The van der Waals surface area contributed by atoms with Gasteiger partial charge in [-0.15, -0.1) is 0 Å². The number of benzene rings is 2. The second kappa shape index (κ2) is 6.92. The van der Waals surface area contributed by atoms with Crippen molar-refractivity contribution in [1.82, 2.24) is 0 Å². The van der Waals surface area contributed by atoms with E-state index in [0.29, 0.717) is 11.9 Å². The number of phenols is 2. The molecule has 0 bridgehead atoms. The maximum atomic E-state index is 13.1. The summed E-state index contributed by atoms with van der Waals surface area (Å²) < 4.78 is 18.2. The SMILES string of the molecule is O=c1cc(C[NH+]2CCN(c3ccc(F)cc3)CC2)c2ccc(O)c(O)c2o1. The van der Waals surface area contributed by atoms with E-state index in [0.717, 1.165) is 37.4 Å². The number of anilines is 1. The van der Waals surface area contributed by atoms with Gasteiger partial charge in [0, 0.05) is 22.7 Å². The second-order valence-electron chi connectivity index (χ2n) is 6.79. The van der Waals surface area contributed by atoms with Crippen molar-refractivity contribution in [3.05, 3.63) is 64.3 Å². The minimum atomic E-state index is -0.553. The molecule has 0 saturated carbocycles. The molecule has 1 fully saturated rings. The summed E-state index contributed by atoms with van der Waals surface area (Å²) in [6.45, 7) is 3.99. The van der Waals surface area contributed by atoms with E-state index >= 15 is 0 Å². The van der Waals surface area contributed by atoms with Gasteiger partial charge in [-0.2, -0.15) is 0 Å². The lowest BCUT2D eigenvalue weighted by Gasteiger charge is -2.33. The molecular weight excluding hydrogens is 351 g/mol. The van der Waals surface area contributed by atoms with E-state index in [2.05, 4.69) is 4.90 Å². The molecule has 140 valence electrons. The van der Waals surface area contributed by atoms with E-state index < -0.39 is 11.4 Å². The van der Waals surface area contributed by atoms with Gasteiger partial charge in [0.2, 0.25) is 5.75 Å². The first-order valence-electron chi connectivity index (χ1n) is 8.83. The van der Waals surface area contributed by atoms with Crippen LogP contribution in [0.25, 0.3) is 11.0 Å². The zero-order valence-electron chi connectivity index (χ0n) is 14.6. The Morgan fingerprint density at radius 1 is 1.07 bits per heavy atom. The quantitative estimate of drug-likeness (QED) is 0.477. The van der Waals surface area contributed by atoms with Gasteiger partial charge in [-0.1, -0.05) is 0 Å². The molecule has 27 heavy (non-hydrogen) atoms. The molecule has 0 atom stereocenters. The Labute approximate surface area is 154 Å². The van der Waals surface area contributed by atoms with Crippen LogP contribution in [-0.4, -0.2) is 36.4 Å². The molecule has 1 aliphatic heterocycles. The Hall–Kier alpha value is -3.06. The number of hydrogen-bond donors (Lipinski definition) is 3. The Kier molecular flexibility index (Phi) is 4.45. The van der Waals surface area contributed by atoms with E-state index in [9.17, 15) is 19.4 Å². The molecule has 0 radical (unpaired) electrons. The lowest BCUT2D eigenvalue weighted by Crippen LogP contribution is -3.13. The number of rotatable bonds is 3. The van der Waals surface area contributed by atoms with Gasteiger partial charge >= 0.3 is 5.63 Å². The molecule has 2 heterocycles. The zero-order valence-corrected chi connectivity index (χ0v) is 14.6. The van der Waals surface area contributed by atoms with Gasteiger partial charge in [0.15, 0.2) is 11.3 Å². The number of fused-ring (bicyclic) bond motifs is 1. The van der Waals surface area contributed by atoms with Gasteiger partial charge in [-0.05, 0) is 36.4 Å². The van der Waals surface area contributed by atoms with Crippen molar-refractivity contribution in [2.24, 2.45) is 0 Å². The highest BCUT2D eigenvalue weighted by molar-refractivity contribution is 5.87. The largest absolute Gasteiger partial charge is 0.504 e. The van der Waals surface area contributed by atoms with Crippen LogP contribution >= 0.6 is 0 Å². The minimum Gasteiger partial charge on any atom is -0.504 e. The van der Waals surface area contributed by atoms with Crippen molar-refractivity contribution in [3.63, 3.8) is 0 Å². The van der Waals surface area contributed by atoms with Crippen LogP contribution in [0.5, 0.6) is 11.5 Å². The summed E-state index contributed by atoms with van der Waals surface area (Å²) in [5.74, 6) is -0.974. The summed E-state index contributed by atoms with van der Waals surface area (Å²) in [5, 5.41) is 20.2. The van der Waals surface area contributed by atoms with Crippen molar-refractivity contribution in [2.75, 3.05) is 31.1 Å². The summed E-state index contributed by atoms with van der Waals surface area (Å²) in [6.07, 6.45) is 0. The predicted molar refractivity (Wildman–Crippen MR) is 98.8 cm³/mol. The second-order valence-corrected chi connectivity index (χ2v) is 6.79. The average Bonchev–Trinajstić information content (AvgIpc) is 2.66. The van der Waals surface area contributed by atoms with Gasteiger partial charge in [0.05, 0.1) is 26.2 Å². The molecule has 0 unspecified atom stereocenters. The Morgan fingerprint density at radius 3 is 2.48 bits per heavy atom. The van der Waals surface area contributed by atoms with Crippen LogP contribution in [0.15, 0.2) is 51.7 Å². The zero-order chi connectivity index (χ0) is 19.0. The summed E-state index contributed by atoms with van der Waals surface area (Å²) in [4.78, 5) is 15.4. The van der Waals surface area contributed by atoms with Crippen molar-refractivity contribution < 1.29 is 23.9 Å². The Balaban J connectivity index is 1.52. The Bertz CT molecular complexity index is 1020. The fourth-order valence-electron chi connectivity index (χ4n) is 3.59. The molecule has 3 aromatic rings. The first kappa shape index (κ1) is 17.4. The van der Waals surface area contributed by atoms with Crippen molar-refractivity contribution >= 4 is 16.7 Å². The lowest BCUT2D eigenvalue weighted by molar-refractivity contribution is -0.914. The van der Waals surface area contributed by atoms with Crippen LogP contribution in [0, 0.1) is 5.82 Å². The fourth-order valence-corrected chi connectivity index (χ4v) is 3.59. The number of nitrogens with zero attached hydrogens (tertiary/aromatic N) is 1. The lowest BCUT2D eigenvalue weighted by atomic mass is 10.1. The molecule has 0 amide bonds. The summed E-state index contributed by atoms with van der Waals surface area (Å²) in [5.41, 5.74) is 1.24. The number of phenolic OH excluding ortho intramolecular Hbond substituents is 2. The van der Waals surface area contributed by atoms with Gasteiger partial charge in [-0.3, -0.25) is 0 Å². The van der Waals surface area contributed by atoms with Crippen LogP contribution < -0.4 is 15.4 Å². The fraction of sp³-hybridized carbons (Fsp3) is 0.250. The molecule has 1 saturated heterocycles. The summed E-state index contributed by atoms with van der Waals surface area (Å²) >= 11 is 0. The number of aromatic hydroxyl groups is 2. The van der Waals surface area contributed by atoms with Crippen molar-refractivity contribution in [3.8, 4) is 11.5 Å². The van der Waals surface area contributed by atoms with Crippen LogP contribution in [0.4, 0.5) is 10.1 Å². The van der Waals surface area contributed by atoms with Crippen LogP contribution in [-0.2, 0) is 6.54 Å². The molecule has 3 N–H and O–H groups in total. The molecular formula is C20H20FN2O4+.